The van der Waals surface area contributed by atoms with Gasteiger partial charge in [-0.15, -0.1) is 0 Å². The fraction of sp³-hybridized carbons (Fsp3) is 0.776. The average Bonchev–Trinajstić information content (AvgIpc) is 4.35. The molecule has 7 rings (SSSR count). The molecule has 2 saturated carbocycles. The maximum Gasteiger partial charge on any atom is 0.341 e. The predicted molar refractivity (Wildman–Crippen MR) is 278 cm³/mol. The maximum absolute atomic E-state index is 14.6. The van der Waals surface area contributed by atoms with E-state index in [4.69, 9.17) is 52.1 Å². The van der Waals surface area contributed by atoms with E-state index in [2.05, 4.69) is 21.3 Å². The number of carboxylic acids is 1. The summed E-state index contributed by atoms with van der Waals surface area (Å²) in [6.07, 6.45) is -14.7. The van der Waals surface area contributed by atoms with Crippen LogP contribution in [0.3, 0.4) is 0 Å². The molecule has 446 valence electrons. The molecule has 0 bridgehead atoms. The summed E-state index contributed by atoms with van der Waals surface area (Å²) in [6.45, 7) is 8.19. The molecule has 0 radical (unpaired) electrons. The summed E-state index contributed by atoms with van der Waals surface area (Å²) in [5.41, 5.74) is 23.2. The van der Waals surface area contributed by atoms with Gasteiger partial charge in [-0.1, -0.05) is 13.8 Å². The minimum absolute atomic E-state index is 0.0101. The van der Waals surface area contributed by atoms with E-state index in [0.717, 1.165) is 51.9 Å². The number of piperazine rings is 1. The van der Waals surface area contributed by atoms with Crippen molar-refractivity contribution < 1.29 is 89.1 Å². The molecule has 29 heteroatoms. The number of pyridine rings is 1. The van der Waals surface area contributed by atoms with Crippen LogP contribution in [0.1, 0.15) is 68.8 Å². The topological polar surface area (TPSA) is 471 Å². The summed E-state index contributed by atoms with van der Waals surface area (Å²) >= 11 is 0. The normalized spacial score (nSPS) is 32.5. The van der Waals surface area contributed by atoms with Crippen LogP contribution in [0.4, 0.5) is 10.1 Å². The number of nitrogens with two attached hydrogens (primary N) is 4. The second kappa shape index (κ2) is 30.9. The van der Waals surface area contributed by atoms with Crippen LogP contribution in [0.2, 0.25) is 0 Å². The third-order valence-corrected chi connectivity index (χ3v) is 14.7. The number of benzene rings is 1. The number of halogens is 1. The van der Waals surface area contributed by atoms with Gasteiger partial charge >= 0.3 is 5.97 Å². The molecule has 18 atom stereocenters. The number of anilines is 1. The number of amides is 1. The Bertz CT molecular complexity index is 2210. The first-order chi connectivity index (χ1) is 37.2. The van der Waals surface area contributed by atoms with E-state index < -0.39 is 128 Å². The summed E-state index contributed by atoms with van der Waals surface area (Å²) in [5.74, 6) is -2.60. The molecule has 2 aromatic rings. The molecule has 4 heterocycles. The van der Waals surface area contributed by atoms with Crippen molar-refractivity contribution in [1.82, 2.24) is 25.8 Å². The number of nitrogens with one attached hydrogen (secondary N) is 4. The van der Waals surface area contributed by atoms with Gasteiger partial charge in [0.05, 0.1) is 43.1 Å². The second-order valence-corrected chi connectivity index (χ2v) is 20.2. The van der Waals surface area contributed by atoms with Gasteiger partial charge in [0.1, 0.15) is 78.5 Å². The third-order valence-electron chi connectivity index (χ3n) is 14.7. The number of ether oxygens (including phenoxy) is 4. The molecule has 23 N–H and O–H groups in total. The highest BCUT2D eigenvalue weighted by molar-refractivity contribution is 5.93. The van der Waals surface area contributed by atoms with Crippen LogP contribution in [0, 0.1) is 5.82 Å². The lowest BCUT2D eigenvalue weighted by atomic mass is 9.83. The van der Waals surface area contributed by atoms with Gasteiger partial charge in [-0.3, -0.25) is 9.59 Å². The monoisotopic (exact) mass is 1120 g/mol. The number of carbonyl (C=O) groups is 2. The van der Waals surface area contributed by atoms with E-state index in [1.54, 1.807) is 6.07 Å². The minimum Gasteiger partial charge on any atom is -0.477 e. The van der Waals surface area contributed by atoms with E-state index >= 15 is 0 Å². The summed E-state index contributed by atoms with van der Waals surface area (Å²) in [7, 11) is 0. The molecular weight excluding hydrogens is 1040 g/mol. The van der Waals surface area contributed by atoms with Crippen molar-refractivity contribution in [2.45, 2.75) is 168 Å². The minimum atomic E-state index is -1.76. The maximum atomic E-state index is 14.6. The fourth-order valence-corrected chi connectivity index (χ4v) is 9.61. The Balaban J connectivity index is 0.000000247. The van der Waals surface area contributed by atoms with E-state index in [1.165, 1.54) is 12.3 Å². The van der Waals surface area contributed by atoms with Gasteiger partial charge in [0, 0.05) is 81.6 Å². The van der Waals surface area contributed by atoms with Gasteiger partial charge in [0.25, 0.3) is 0 Å². The van der Waals surface area contributed by atoms with E-state index in [0.29, 0.717) is 24.3 Å². The molecule has 5 aliphatic rings. The lowest BCUT2D eigenvalue weighted by Gasteiger charge is -2.49. The number of carboxylic acid groups (broad SMARTS) is 1. The number of hydrogen-bond donors (Lipinski definition) is 19. The first-order valence-electron chi connectivity index (χ1n) is 26.7. The van der Waals surface area contributed by atoms with Crippen LogP contribution >= 0.6 is 0 Å². The predicted octanol–water partition coefficient (Wildman–Crippen LogP) is -7.13. The highest BCUT2D eigenvalue weighted by Crippen LogP contribution is 2.38. The summed E-state index contributed by atoms with van der Waals surface area (Å²) in [6, 6.07) is 0.0237. The first kappa shape index (κ1) is 65.1. The Hall–Kier alpha value is -3.74. The number of fused-ring (bicyclic) bond motifs is 1. The zero-order chi connectivity index (χ0) is 57.5. The molecule has 3 saturated heterocycles. The Morgan fingerprint density at radius 2 is 1.42 bits per heavy atom. The molecule has 1 amide bonds. The summed E-state index contributed by atoms with van der Waals surface area (Å²) in [4.78, 5) is 38.3. The van der Waals surface area contributed by atoms with Gasteiger partial charge in [0.2, 0.25) is 11.3 Å². The van der Waals surface area contributed by atoms with Crippen molar-refractivity contribution in [1.29, 1.82) is 0 Å². The SMILES string of the molecule is CC[C@@H](CO)NCCN[C@@H](CC)CO.NCC[C@H](O)C(=O)N[C@@H]1C[C@H](N)[C@@H](O[C@H]2O[C@H](CN)[C@@H](O)[C@H](O)[C@H]2O)[C@H](O)[C@H]1O[C@H]1O[C@H](CO)[C@@H](O)[C@H](N)[C@H]1O.O=C(O)c1cn(C2CC2)c2cc(N3CCNCC3)c(F)cc2c1=O. The molecule has 2 aliphatic carbocycles. The van der Waals surface area contributed by atoms with Crippen LogP contribution < -0.4 is 54.5 Å². The van der Waals surface area contributed by atoms with Crippen molar-refractivity contribution in [2.75, 3.05) is 77.1 Å². The quantitative estimate of drug-likeness (QED) is 0.0487. The van der Waals surface area contributed by atoms with Crippen molar-refractivity contribution in [2.24, 2.45) is 22.9 Å². The molecular formula is C49H85FN10O18. The third kappa shape index (κ3) is 16.5. The van der Waals surface area contributed by atoms with Gasteiger partial charge in [-0.2, -0.15) is 0 Å². The lowest BCUT2D eigenvalue weighted by molar-refractivity contribution is -0.332. The smallest absolute Gasteiger partial charge is 0.341 e. The van der Waals surface area contributed by atoms with Crippen molar-refractivity contribution in [3.8, 4) is 0 Å². The second-order valence-electron chi connectivity index (χ2n) is 20.2. The lowest BCUT2D eigenvalue weighted by Crippen LogP contribution is -2.69. The Labute approximate surface area is 450 Å². The summed E-state index contributed by atoms with van der Waals surface area (Å²) < 4.78 is 38.9. The molecule has 28 nitrogen and oxygen atoms in total. The van der Waals surface area contributed by atoms with Crippen LogP contribution in [0.15, 0.2) is 23.1 Å². The van der Waals surface area contributed by atoms with Crippen molar-refractivity contribution >= 4 is 28.5 Å². The molecule has 1 aromatic heterocycles. The standard InChI is InChI=1S/C22H43N5O13.C17H18FN3O3.C10H24N2O2/c23-2-1-8(29)20(36)27-7-3-6(25)18(39-22-16(34)15(33)13(31)9(4-24)37-22)17(35)19(7)40-21-14(32)11(26)12(30)10(5-28)38-21;18-13-7-11-14(8-15(13)20-5-3-19-4-6-20)21(10-1-2-10)9-12(16(11)22)17(23)24;1-3-9(7-13)11-5-6-12-10(4-2)8-14/h6-19,21-22,28-35H,1-5,23-26H2,(H,27,36);7-10,19H,1-6H2,(H,23,24);9-14H,3-8H2,1-2H3/t6-,7+,8-,9+,10+,11-,12+,13+,14+,15-,16+,17-,18+,19-,21+,22+;;9-,10-/m0.0/s1. The average molecular weight is 1120 g/mol. The number of aliphatic hydroxyl groups is 10. The molecule has 78 heavy (non-hydrogen) atoms. The van der Waals surface area contributed by atoms with Gasteiger partial charge in [-0.05, 0) is 57.2 Å². The van der Waals surface area contributed by atoms with E-state index in [9.17, 15) is 64.7 Å². The summed E-state index contributed by atoms with van der Waals surface area (Å²) in [5, 5.41) is 122. The Morgan fingerprint density at radius 3 is 1.96 bits per heavy atom. The van der Waals surface area contributed by atoms with Crippen molar-refractivity contribution in [3.05, 3.63) is 39.9 Å². The number of aromatic nitrogens is 1. The number of hydrogen-bond acceptors (Lipinski definition) is 25. The Morgan fingerprint density at radius 1 is 0.833 bits per heavy atom. The van der Waals surface area contributed by atoms with Crippen LogP contribution in [0.5, 0.6) is 0 Å². The van der Waals surface area contributed by atoms with Crippen LogP contribution in [0.25, 0.3) is 10.9 Å². The zero-order valence-electron chi connectivity index (χ0n) is 44.1. The molecule has 5 fully saturated rings. The van der Waals surface area contributed by atoms with Crippen LogP contribution in [-0.4, -0.2) is 255 Å². The van der Waals surface area contributed by atoms with Gasteiger partial charge in [0.15, 0.2) is 12.6 Å². The number of aromatic carboxylic acids is 1. The molecule has 1 aromatic carbocycles. The van der Waals surface area contributed by atoms with Gasteiger partial charge < -0.3 is 129 Å². The van der Waals surface area contributed by atoms with Crippen LogP contribution in [-0.2, 0) is 23.7 Å². The van der Waals surface area contributed by atoms with E-state index in [1.807, 2.05) is 23.3 Å². The molecule has 0 spiro atoms. The number of aliphatic hydroxyl groups excluding tert-OH is 10. The van der Waals surface area contributed by atoms with Crippen molar-refractivity contribution in [3.63, 3.8) is 0 Å². The van der Waals surface area contributed by atoms with E-state index in [-0.39, 0.29) is 68.2 Å². The zero-order valence-corrected chi connectivity index (χ0v) is 44.1. The van der Waals surface area contributed by atoms with Gasteiger partial charge in [-0.25, -0.2) is 9.18 Å². The molecule has 3 aliphatic heterocycles. The fourth-order valence-electron chi connectivity index (χ4n) is 9.61. The number of nitrogens with zero attached hydrogens (tertiary/aromatic N) is 2. The first-order valence-corrected chi connectivity index (χ1v) is 26.7. The number of carbonyl (C=O) groups excluding carboxylic acids is 1. The largest absolute Gasteiger partial charge is 0.477 e. The molecule has 0 unspecified atom stereocenters. The Kier molecular flexibility index (Phi) is 25.8. The highest BCUT2D eigenvalue weighted by Gasteiger charge is 2.53. The number of rotatable bonds is 22. The highest BCUT2D eigenvalue weighted by atomic mass is 19.1.